The highest BCUT2D eigenvalue weighted by molar-refractivity contribution is 5.24. The maximum absolute atomic E-state index is 12.4. The molecule has 0 spiro atoms. The number of benzene rings is 6. The van der Waals surface area contributed by atoms with E-state index < -0.39 is 0 Å². The first-order chi connectivity index (χ1) is 22.8. The minimum Gasteiger partial charge on any atom is -0.207 e. The standard InChI is InChI=1S/C8H9F.C8H10.3C7H7F.C7H8/c1-6-3-7(2)5-8(9)4-6;1-7-5-3-4-6-8(7)2;1-6-2-4-7(8)5-3-6;1-6-3-2-4-7(8)5-6;1-6-4-2-3-5-7(6)8;1-7-5-3-2-4-6-7/h3-5H,1-2H3;3-6H,1-2H3;3*2-5H,1H3;2-6H,1H3. The van der Waals surface area contributed by atoms with Crippen LogP contribution in [0.3, 0.4) is 0 Å². The lowest BCUT2D eigenvalue weighted by molar-refractivity contribution is 0.618. The third-order valence-electron chi connectivity index (χ3n) is 6.62. The van der Waals surface area contributed by atoms with Gasteiger partial charge in [-0.2, -0.15) is 0 Å². The van der Waals surface area contributed by atoms with Crippen molar-refractivity contribution in [1.82, 2.24) is 0 Å². The summed E-state index contributed by atoms with van der Waals surface area (Å²) in [6.45, 7) is 15.6. The SMILES string of the molecule is Cc1cc(C)cc(F)c1.Cc1ccc(F)cc1.Cc1cccc(F)c1.Cc1ccccc1.Cc1ccccc1C.Cc1ccccc1F. The van der Waals surface area contributed by atoms with Crippen molar-refractivity contribution in [3.05, 3.63) is 213 Å². The van der Waals surface area contributed by atoms with Gasteiger partial charge < -0.3 is 0 Å². The Kier molecular flexibility index (Phi) is 20.0. The lowest BCUT2D eigenvalue weighted by Crippen LogP contribution is -1.79. The number of rotatable bonds is 0. The minimum absolute atomic E-state index is 0.132. The summed E-state index contributed by atoms with van der Waals surface area (Å²) < 4.78 is 49.0. The van der Waals surface area contributed by atoms with Gasteiger partial charge in [0.2, 0.25) is 0 Å². The summed E-state index contributed by atoms with van der Waals surface area (Å²) in [5, 5.41) is 0. The predicted octanol–water partition coefficient (Wildman–Crippen LogP) is 13.1. The van der Waals surface area contributed by atoms with E-state index in [-0.39, 0.29) is 23.3 Å². The average Bonchev–Trinajstić information content (AvgIpc) is 3.03. The average molecular weight is 653 g/mol. The lowest BCUT2D eigenvalue weighted by Gasteiger charge is -1.94. The quantitative estimate of drug-likeness (QED) is 0.143. The van der Waals surface area contributed by atoms with Crippen molar-refractivity contribution in [3.63, 3.8) is 0 Å². The molecule has 6 aromatic carbocycles. The molecule has 0 aliphatic heterocycles. The van der Waals surface area contributed by atoms with Gasteiger partial charge in [0.25, 0.3) is 0 Å². The van der Waals surface area contributed by atoms with Gasteiger partial charge in [-0.15, -0.1) is 0 Å². The van der Waals surface area contributed by atoms with Crippen molar-refractivity contribution >= 4 is 0 Å². The van der Waals surface area contributed by atoms with Crippen LogP contribution in [-0.2, 0) is 0 Å². The Morgan fingerprint density at radius 2 is 0.688 bits per heavy atom. The molecule has 0 radical (unpaired) electrons. The molecule has 0 saturated heterocycles. The third kappa shape index (κ3) is 20.2. The van der Waals surface area contributed by atoms with Gasteiger partial charge in [0.15, 0.2) is 0 Å². The van der Waals surface area contributed by atoms with Crippen LogP contribution < -0.4 is 0 Å². The van der Waals surface area contributed by atoms with Gasteiger partial charge in [-0.25, -0.2) is 17.6 Å². The molecule has 0 aliphatic carbocycles. The Hall–Kier alpha value is -4.96. The number of hydrogen-bond donors (Lipinski definition) is 0. The van der Waals surface area contributed by atoms with E-state index in [0.29, 0.717) is 5.56 Å². The van der Waals surface area contributed by atoms with Crippen LogP contribution in [0.5, 0.6) is 0 Å². The maximum Gasteiger partial charge on any atom is 0.126 e. The molecule has 0 N–H and O–H groups in total. The van der Waals surface area contributed by atoms with E-state index in [9.17, 15) is 17.6 Å². The molecular weight excluding hydrogens is 604 g/mol. The Balaban J connectivity index is 0.000000288. The predicted molar refractivity (Wildman–Crippen MR) is 196 cm³/mol. The highest BCUT2D eigenvalue weighted by Gasteiger charge is 1.91. The third-order valence-corrected chi connectivity index (χ3v) is 6.62. The van der Waals surface area contributed by atoms with Crippen molar-refractivity contribution in [2.24, 2.45) is 0 Å². The molecular formula is C44H48F4. The summed E-state index contributed by atoms with van der Waals surface area (Å²) in [7, 11) is 0. The molecule has 0 bridgehead atoms. The molecule has 6 aromatic rings. The number of halogens is 4. The molecule has 0 amide bonds. The molecule has 0 unspecified atom stereocenters. The van der Waals surface area contributed by atoms with E-state index in [1.54, 1.807) is 37.3 Å². The van der Waals surface area contributed by atoms with Gasteiger partial charge in [0.05, 0.1) is 0 Å². The minimum atomic E-state index is -0.171. The fourth-order valence-corrected chi connectivity index (χ4v) is 3.81. The summed E-state index contributed by atoms with van der Waals surface area (Å²) >= 11 is 0. The van der Waals surface area contributed by atoms with Gasteiger partial charge >= 0.3 is 0 Å². The fourth-order valence-electron chi connectivity index (χ4n) is 3.81. The van der Waals surface area contributed by atoms with Gasteiger partial charge in [-0.1, -0.05) is 114 Å². The normalized spacial score (nSPS) is 9.25. The van der Waals surface area contributed by atoms with Crippen LogP contribution in [-0.4, -0.2) is 0 Å². The Bertz CT molecular complexity index is 1550. The van der Waals surface area contributed by atoms with Crippen molar-refractivity contribution in [2.45, 2.75) is 55.4 Å². The molecule has 0 aliphatic rings. The second-order valence-electron chi connectivity index (χ2n) is 11.4. The molecule has 0 heterocycles. The van der Waals surface area contributed by atoms with E-state index in [1.165, 1.54) is 59.2 Å². The molecule has 252 valence electrons. The van der Waals surface area contributed by atoms with E-state index in [2.05, 4.69) is 57.2 Å². The summed E-state index contributed by atoms with van der Waals surface area (Å²) in [5.41, 5.74) is 8.77. The van der Waals surface area contributed by atoms with Crippen LogP contribution in [0, 0.1) is 78.7 Å². The van der Waals surface area contributed by atoms with E-state index in [0.717, 1.165) is 22.3 Å². The molecule has 0 fully saturated rings. The monoisotopic (exact) mass is 652 g/mol. The van der Waals surface area contributed by atoms with Crippen LogP contribution in [0.1, 0.15) is 44.5 Å². The number of hydrogen-bond acceptors (Lipinski definition) is 0. The van der Waals surface area contributed by atoms with Gasteiger partial charge in [0, 0.05) is 0 Å². The smallest absolute Gasteiger partial charge is 0.126 e. The molecule has 6 rings (SSSR count). The molecule has 4 heteroatoms. The zero-order valence-electron chi connectivity index (χ0n) is 29.4. The van der Waals surface area contributed by atoms with E-state index in [1.807, 2.05) is 64.1 Å². The highest BCUT2D eigenvalue weighted by atomic mass is 19.1. The van der Waals surface area contributed by atoms with Crippen LogP contribution in [0.25, 0.3) is 0 Å². The van der Waals surface area contributed by atoms with Crippen molar-refractivity contribution in [1.29, 1.82) is 0 Å². The fraction of sp³-hybridized carbons (Fsp3) is 0.182. The number of aryl methyl sites for hydroxylation is 8. The van der Waals surface area contributed by atoms with Crippen molar-refractivity contribution in [3.8, 4) is 0 Å². The Morgan fingerprint density at radius 3 is 1.00 bits per heavy atom. The zero-order chi connectivity index (χ0) is 35.9. The second-order valence-corrected chi connectivity index (χ2v) is 11.4. The van der Waals surface area contributed by atoms with Crippen LogP contribution >= 0.6 is 0 Å². The van der Waals surface area contributed by atoms with Gasteiger partial charge in [-0.05, 0) is 131 Å². The Morgan fingerprint density at radius 1 is 0.271 bits per heavy atom. The molecule has 0 saturated carbocycles. The first kappa shape index (κ1) is 41.1. The van der Waals surface area contributed by atoms with Gasteiger partial charge in [-0.3, -0.25) is 0 Å². The largest absolute Gasteiger partial charge is 0.207 e. The van der Waals surface area contributed by atoms with E-state index >= 15 is 0 Å². The first-order valence-electron chi connectivity index (χ1n) is 15.7. The topological polar surface area (TPSA) is 0 Å². The summed E-state index contributed by atoms with van der Waals surface area (Å²) in [4.78, 5) is 0. The van der Waals surface area contributed by atoms with E-state index in [4.69, 9.17) is 0 Å². The highest BCUT2D eigenvalue weighted by Crippen LogP contribution is 2.06. The van der Waals surface area contributed by atoms with Crippen molar-refractivity contribution in [2.75, 3.05) is 0 Å². The zero-order valence-corrected chi connectivity index (χ0v) is 29.4. The molecule has 48 heavy (non-hydrogen) atoms. The van der Waals surface area contributed by atoms with Crippen molar-refractivity contribution < 1.29 is 17.6 Å². The van der Waals surface area contributed by atoms with Crippen LogP contribution in [0.15, 0.2) is 146 Å². The second kappa shape index (κ2) is 23.4. The first-order valence-corrected chi connectivity index (χ1v) is 15.7. The van der Waals surface area contributed by atoms with Crippen LogP contribution in [0.2, 0.25) is 0 Å². The maximum atomic E-state index is 12.4. The lowest BCUT2D eigenvalue weighted by atomic mass is 10.1. The Labute approximate surface area is 285 Å². The summed E-state index contributed by atoms with van der Waals surface area (Å²) in [6, 6.07) is 43.2. The molecule has 0 atom stereocenters. The van der Waals surface area contributed by atoms with Gasteiger partial charge in [0.1, 0.15) is 23.3 Å². The van der Waals surface area contributed by atoms with Crippen LogP contribution in [0.4, 0.5) is 17.6 Å². The summed E-state index contributed by atoms with van der Waals surface area (Å²) in [5.74, 6) is -0.611. The summed E-state index contributed by atoms with van der Waals surface area (Å²) in [6.07, 6.45) is 0. The molecule has 0 aromatic heterocycles. The molecule has 0 nitrogen and oxygen atoms in total.